The van der Waals surface area contributed by atoms with Crippen LogP contribution in [0.2, 0.25) is 0 Å². The molecule has 234 valence electrons. The van der Waals surface area contributed by atoms with Gasteiger partial charge in [-0.1, -0.05) is 146 Å². The van der Waals surface area contributed by atoms with Crippen LogP contribution in [0.1, 0.15) is 0 Å². The van der Waals surface area contributed by atoms with Crippen LogP contribution in [-0.4, -0.2) is 15.0 Å². The van der Waals surface area contributed by atoms with Crippen molar-refractivity contribution in [3.8, 4) is 56.4 Å². The maximum Gasteiger partial charge on any atom is 0.165 e. The second-order valence-corrected chi connectivity index (χ2v) is 14.4. The van der Waals surface area contributed by atoms with Crippen molar-refractivity contribution in [1.82, 2.24) is 15.0 Å². The first-order valence-electron chi connectivity index (χ1n) is 16.6. The number of rotatable bonds is 5. The molecule has 0 bridgehead atoms. The maximum absolute atomic E-state index is 5.32. The van der Waals surface area contributed by atoms with Crippen molar-refractivity contribution in [2.24, 2.45) is 0 Å². The van der Waals surface area contributed by atoms with Gasteiger partial charge >= 0.3 is 0 Å². The van der Waals surface area contributed by atoms with Crippen molar-refractivity contribution >= 4 is 63.0 Å². The molecule has 0 amide bonds. The first-order chi connectivity index (χ1) is 24.8. The predicted molar refractivity (Wildman–Crippen MR) is 213 cm³/mol. The lowest BCUT2D eigenvalue weighted by Crippen LogP contribution is -2.02. The van der Waals surface area contributed by atoms with E-state index >= 15 is 0 Å². The van der Waals surface area contributed by atoms with Crippen LogP contribution in [0.5, 0.6) is 0 Å². The molecule has 7 aromatic carbocycles. The maximum atomic E-state index is 5.32. The minimum absolute atomic E-state index is 0.650. The molecule has 3 aromatic heterocycles. The normalized spacial score (nSPS) is 11.6. The van der Waals surface area contributed by atoms with Gasteiger partial charge in [0, 0.05) is 62.6 Å². The zero-order valence-electron chi connectivity index (χ0n) is 26.7. The Morgan fingerprint density at radius 1 is 0.280 bits per heavy atom. The molecular formula is C45H27N3S2. The summed E-state index contributed by atoms with van der Waals surface area (Å²) in [6, 6.07) is 57.7. The van der Waals surface area contributed by atoms with Crippen molar-refractivity contribution in [3.05, 3.63) is 164 Å². The predicted octanol–water partition coefficient (Wildman–Crippen LogP) is 12.9. The number of aromatic nitrogens is 3. The number of hydrogen-bond donors (Lipinski definition) is 0. The molecule has 3 nitrogen and oxygen atoms in total. The van der Waals surface area contributed by atoms with E-state index in [0.29, 0.717) is 17.5 Å². The summed E-state index contributed by atoms with van der Waals surface area (Å²) < 4.78 is 4.98. The SMILES string of the molecule is c1ccc(-c2ccccc2-c2nc(-c3ccccc3-c3cccc4c3sc3ccccc34)nc(-c3cccc4c3sc3ccccc34)n2)cc1. The van der Waals surface area contributed by atoms with E-state index in [2.05, 4.69) is 158 Å². The molecule has 0 aliphatic heterocycles. The highest BCUT2D eigenvalue weighted by Crippen LogP contribution is 2.44. The van der Waals surface area contributed by atoms with Gasteiger partial charge in [-0.15, -0.1) is 22.7 Å². The number of hydrogen-bond acceptors (Lipinski definition) is 5. The molecule has 0 saturated heterocycles. The van der Waals surface area contributed by atoms with E-state index in [1.807, 2.05) is 17.4 Å². The van der Waals surface area contributed by atoms with Crippen LogP contribution in [0.15, 0.2) is 164 Å². The van der Waals surface area contributed by atoms with Gasteiger partial charge in [-0.05, 0) is 34.9 Å². The van der Waals surface area contributed by atoms with Gasteiger partial charge in [-0.3, -0.25) is 0 Å². The molecule has 10 aromatic rings. The Bertz CT molecular complexity index is 2890. The van der Waals surface area contributed by atoms with Crippen LogP contribution in [0.4, 0.5) is 0 Å². The fourth-order valence-corrected chi connectivity index (χ4v) is 9.52. The minimum atomic E-state index is 0.650. The van der Waals surface area contributed by atoms with Gasteiger partial charge in [0.1, 0.15) is 0 Å². The number of nitrogens with zero attached hydrogens (tertiary/aromatic N) is 3. The van der Waals surface area contributed by atoms with Crippen molar-refractivity contribution in [3.63, 3.8) is 0 Å². The fourth-order valence-electron chi connectivity index (χ4n) is 7.08. The summed E-state index contributed by atoms with van der Waals surface area (Å²) in [4.78, 5) is 15.9. The molecule has 0 atom stereocenters. The average Bonchev–Trinajstić information content (AvgIpc) is 3.77. The highest BCUT2D eigenvalue weighted by molar-refractivity contribution is 7.26. The Morgan fingerprint density at radius 3 is 1.30 bits per heavy atom. The molecule has 0 N–H and O–H groups in total. The third-order valence-corrected chi connectivity index (χ3v) is 11.8. The molecule has 0 saturated carbocycles. The van der Waals surface area contributed by atoms with Crippen molar-refractivity contribution in [2.45, 2.75) is 0 Å². The third kappa shape index (κ3) is 4.74. The number of benzene rings is 7. The van der Waals surface area contributed by atoms with E-state index < -0.39 is 0 Å². The van der Waals surface area contributed by atoms with E-state index in [1.54, 1.807) is 11.3 Å². The second-order valence-electron chi connectivity index (χ2n) is 12.3. The summed E-state index contributed by atoms with van der Waals surface area (Å²) in [7, 11) is 0. The van der Waals surface area contributed by atoms with Crippen LogP contribution in [0, 0.1) is 0 Å². The van der Waals surface area contributed by atoms with Gasteiger partial charge in [0.2, 0.25) is 0 Å². The molecular weight excluding hydrogens is 647 g/mol. The van der Waals surface area contributed by atoms with Gasteiger partial charge in [0.05, 0.1) is 0 Å². The largest absolute Gasteiger partial charge is 0.208 e. The quantitative estimate of drug-likeness (QED) is 0.182. The van der Waals surface area contributed by atoms with Crippen LogP contribution in [0.25, 0.3) is 96.8 Å². The molecule has 50 heavy (non-hydrogen) atoms. The summed E-state index contributed by atoms with van der Waals surface area (Å²) in [6.45, 7) is 0. The Hall–Kier alpha value is -6.01. The average molecular weight is 674 g/mol. The molecule has 0 aliphatic rings. The van der Waals surface area contributed by atoms with E-state index in [-0.39, 0.29) is 0 Å². The Kier molecular flexibility index (Phi) is 6.86. The van der Waals surface area contributed by atoms with E-state index in [1.165, 1.54) is 45.9 Å². The Labute approximate surface area is 296 Å². The summed E-state index contributed by atoms with van der Waals surface area (Å²) >= 11 is 3.63. The number of thiophene rings is 2. The standard InChI is InChI=1S/C45H27N3S2/c1-2-14-28(15-3-1)29-16-4-6-20-36(29)43-46-44(48-45(47-43)38-25-13-24-35-32-19-9-11-27-40(32)50-42(35)38)37-21-7-5-17-30(37)33-22-12-23-34-31-18-8-10-26-39(31)49-41(33)34/h1-27H. The first kappa shape index (κ1) is 29.0. The smallest absolute Gasteiger partial charge is 0.165 e. The van der Waals surface area contributed by atoms with E-state index in [4.69, 9.17) is 15.0 Å². The summed E-state index contributed by atoms with van der Waals surface area (Å²) in [5.41, 5.74) is 7.44. The molecule has 0 fully saturated rings. The van der Waals surface area contributed by atoms with Crippen LogP contribution in [-0.2, 0) is 0 Å². The van der Waals surface area contributed by atoms with Crippen molar-refractivity contribution < 1.29 is 0 Å². The fraction of sp³-hybridized carbons (Fsp3) is 0. The second kappa shape index (κ2) is 11.8. The molecule has 0 radical (unpaired) electrons. The Morgan fingerprint density at radius 2 is 0.680 bits per heavy atom. The topological polar surface area (TPSA) is 38.7 Å². The molecule has 0 spiro atoms. The monoisotopic (exact) mass is 673 g/mol. The molecule has 10 rings (SSSR count). The number of fused-ring (bicyclic) bond motifs is 6. The lowest BCUT2D eigenvalue weighted by atomic mass is 9.97. The van der Waals surface area contributed by atoms with Gasteiger partial charge < -0.3 is 0 Å². The van der Waals surface area contributed by atoms with Crippen molar-refractivity contribution in [2.75, 3.05) is 0 Å². The van der Waals surface area contributed by atoms with E-state index in [9.17, 15) is 0 Å². The lowest BCUT2D eigenvalue weighted by Gasteiger charge is -2.14. The first-order valence-corrected chi connectivity index (χ1v) is 18.2. The summed E-state index contributed by atoms with van der Waals surface area (Å²) in [6.07, 6.45) is 0. The van der Waals surface area contributed by atoms with Crippen LogP contribution in [0.3, 0.4) is 0 Å². The molecule has 3 heterocycles. The summed E-state index contributed by atoms with van der Waals surface area (Å²) in [5.74, 6) is 1.97. The van der Waals surface area contributed by atoms with E-state index in [0.717, 1.165) is 33.4 Å². The zero-order chi connectivity index (χ0) is 33.0. The van der Waals surface area contributed by atoms with Crippen molar-refractivity contribution in [1.29, 1.82) is 0 Å². The van der Waals surface area contributed by atoms with Crippen LogP contribution < -0.4 is 0 Å². The van der Waals surface area contributed by atoms with Gasteiger partial charge in [0.15, 0.2) is 17.5 Å². The zero-order valence-corrected chi connectivity index (χ0v) is 28.4. The molecule has 0 aliphatic carbocycles. The molecule has 0 unspecified atom stereocenters. The van der Waals surface area contributed by atoms with Gasteiger partial charge in [-0.2, -0.15) is 0 Å². The minimum Gasteiger partial charge on any atom is -0.208 e. The highest BCUT2D eigenvalue weighted by atomic mass is 32.1. The third-order valence-electron chi connectivity index (χ3n) is 9.40. The molecule has 5 heteroatoms. The van der Waals surface area contributed by atoms with Gasteiger partial charge in [-0.25, -0.2) is 15.0 Å². The highest BCUT2D eigenvalue weighted by Gasteiger charge is 2.21. The van der Waals surface area contributed by atoms with Gasteiger partial charge in [0.25, 0.3) is 0 Å². The lowest BCUT2D eigenvalue weighted by molar-refractivity contribution is 1.08. The summed E-state index contributed by atoms with van der Waals surface area (Å²) in [5, 5.41) is 5.02. The van der Waals surface area contributed by atoms with Crippen LogP contribution >= 0.6 is 22.7 Å². The Balaban J connectivity index is 1.25.